The minimum Gasteiger partial charge on any atom is -0.484 e. The molecule has 0 amide bonds. The summed E-state index contributed by atoms with van der Waals surface area (Å²) in [6, 6.07) is 11.4. The lowest BCUT2D eigenvalue weighted by Gasteiger charge is -2.14. The lowest BCUT2D eigenvalue weighted by atomic mass is 10.2. The molecule has 5 rings (SSSR count). The van der Waals surface area contributed by atoms with Crippen molar-refractivity contribution in [2.24, 2.45) is 0 Å². The lowest BCUT2D eigenvalue weighted by Crippen LogP contribution is -2.14. The topological polar surface area (TPSA) is 116 Å². The maximum absolute atomic E-state index is 9.67. The number of benzene rings is 2. The van der Waals surface area contributed by atoms with Crippen LogP contribution in [0.15, 0.2) is 54.7 Å². The number of para-hydroxylation sites is 1. The smallest absolute Gasteiger partial charge is 0.227 e. The third-order valence-corrected chi connectivity index (χ3v) is 4.92. The van der Waals surface area contributed by atoms with Crippen molar-refractivity contribution in [1.82, 2.24) is 20.2 Å². The van der Waals surface area contributed by atoms with Crippen molar-refractivity contribution >= 4 is 33.4 Å². The van der Waals surface area contributed by atoms with Gasteiger partial charge in [-0.05, 0) is 30.3 Å². The van der Waals surface area contributed by atoms with Crippen LogP contribution in [0.4, 0.5) is 11.6 Å². The Balaban J connectivity index is 1.44. The van der Waals surface area contributed by atoms with E-state index >= 15 is 0 Å². The zero-order valence-corrected chi connectivity index (χ0v) is 15.4. The van der Waals surface area contributed by atoms with Crippen molar-refractivity contribution in [2.45, 2.75) is 25.2 Å². The molecule has 0 saturated heterocycles. The number of hydrogen-bond acceptors (Lipinski definition) is 7. The van der Waals surface area contributed by atoms with E-state index in [1.54, 1.807) is 12.3 Å². The van der Waals surface area contributed by atoms with Gasteiger partial charge < -0.3 is 20.3 Å². The molecule has 1 aliphatic carbocycles. The number of H-pyrrole nitrogens is 1. The van der Waals surface area contributed by atoms with Gasteiger partial charge in [0.15, 0.2) is 0 Å². The molecule has 8 heteroatoms. The highest BCUT2D eigenvalue weighted by atomic mass is 16.5. The molecule has 0 spiro atoms. The van der Waals surface area contributed by atoms with E-state index in [2.05, 4.69) is 25.5 Å². The van der Waals surface area contributed by atoms with Gasteiger partial charge >= 0.3 is 0 Å². The third kappa shape index (κ3) is 3.39. The Labute approximate surface area is 165 Å². The van der Waals surface area contributed by atoms with Crippen LogP contribution in [0, 0.1) is 0 Å². The Kier molecular flexibility index (Phi) is 4.34. The molecule has 146 valence electrons. The van der Waals surface area contributed by atoms with Crippen molar-refractivity contribution in [1.29, 1.82) is 0 Å². The van der Waals surface area contributed by atoms with Gasteiger partial charge in [0.05, 0.1) is 23.9 Å². The standard InChI is InChI=1S/C21H19N5O3/c27-11-18-16-7-4-13(8-17(16)25-26-18)23-21-22-10-12-2-1-3-19(20(12)24-21)29-15-6-5-14(28)9-15/h1-8,10,14-15,27-28H,9,11H2,(H,25,26)(H,22,23,24)/t14-,15+/m1/s1. The molecule has 0 bridgehead atoms. The number of aromatic amines is 1. The van der Waals surface area contributed by atoms with Crippen LogP contribution in [0.5, 0.6) is 5.75 Å². The Bertz CT molecular complexity index is 1220. The van der Waals surface area contributed by atoms with Crippen LogP contribution in [0.2, 0.25) is 0 Å². The Morgan fingerprint density at radius 1 is 1.21 bits per heavy atom. The average Bonchev–Trinajstić information content (AvgIpc) is 3.33. The second kappa shape index (κ2) is 7.16. The maximum Gasteiger partial charge on any atom is 0.227 e. The van der Waals surface area contributed by atoms with Crippen molar-refractivity contribution < 1.29 is 14.9 Å². The molecule has 4 N–H and O–H groups in total. The molecule has 2 atom stereocenters. The summed E-state index contributed by atoms with van der Waals surface area (Å²) in [5.41, 5.74) is 2.92. The van der Waals surface area contributed by atoms with Crippen LogP contribution < -0.4 is 10.1 Å². The summed E-state index contributed by atoms with van der Waals surface area (Å²) in [6.45, 7) is -0.115. The number of anilines is 2. The van der Waals surface area contributed by atoms with Gasteiger partial charge in [-0.2, -0.15) is 5.10 Å². The molecule has 0 radical (unpaired) electrons. The normalized spacial score (nSPS) is 18.6. The van der Waals surface area contributed by atoms with Gasteiger partial charge in [0.2, 0.25) is 5.95 Å². The minimum absolute atomic E-state index is 0.115. The first-order valence-corrected chi connectivity index (χ1v) is 9.33. The molecule has 2 aromatic carbocycles. The largest absolute Gasteiger partial charge is 0.484 e. The number of ether oxygens (including phenoxy) is 1. The van der Waals surface area contributed by atoms with Gasteiger partial charge in [-0.3, -0.25) is 5.10 Å². The predicted molar refractivity (Wildman–Crippen MR) is 109 cm³/mol. The molecule has 4 aromatic rings. The molecule has 8 nitrogen and oxygen atoms in total. The van der Waals surface area contributed by atoms with Crippen molar-refractivity contribution in [3.05, 3.63) is 60.4 Å². The zero-order chi connectivity index (χ0) is 19.8. The molecule has 0 saturated carbocycles. The van der Waals surface area contributed by atoms with E-state index in [1.807, 2.05) is 42.5 Å². The molecule has 29 heavy (non-hydrogen) atoms. The highest BCUT2D eigenvalue weighted by molar-refractivity contribution is 5.87. The first-order valence-electron chi connectivity index (χ1n) is 9.33. The van der Waals surface area contributed by atoms with E-state index in [1.165, 1.54) is 0 Å². The van der Waals surface area contributed by atoms with Gasteiger partial charge in [-0.25, -0.2) is 9.97 Å². The van der Waals surface area contributed by atoms with E-state index in [9.17, 15) is 10.2 Å². The summed E-state index contributed by atoms with van der Waals surface area (Å²) in [4.78, 5) is 9.02. The first-order chi connectivity index (χ1) is 14.2. The maximum atomic E-state index is 9.67. The van der Waals surface area contributed by atoms with Crippen LogP contribution in [-0.4, -0.2) is 42.6 Å². The van der Waals surface area contributed by atoms with Crippen molar-refractivity contribution in [3.63, 3.8) is 0 Å². The summed E-state index contributed by atoms with van der Waals surface area (Å²) < 4.78 is 6.04. The number of hydrogen-bond donors (Lipinski definition) is 4. The molecule has 0 unspecified atom stereocenters. The van der Waals surface area contributed by atoms with Gasteiger partial charge in [0.25, 0.3) is 0 Å². The SMILES string of the molecule is OCc1n[nH]c2cc(Nc3ncc4cccc(O[C@H]5C=C[C@@H](O)C5)c4n3)ccc12. The Hall–Kier alpha value is -3.49. The first kappa shape index (κ1) is 17.6. The summed E-state index contributed by atoms with van der Waals surface area (Å²) in [7, 11) is 0. The van der Waals surface area contributed by atoms with Crippen LogP contribution in [0.3, 0.4) is 0 Å². The monoisotopic (exact) mass is 389 g/mol. The zero-order valence-electron chi connectivity index (χ0n) is 15.4. The van der Waals surface area contributed by atoms with E-state index < -0.39 is 6.10 Å². The number of aromatic nitrogens is 4. The number of fused-ring (bicyclic) bond motifs is 2. The summed E-state index contributed by atoms with van der Waals surface area (Å²) in [5, 5.41) is 30.9. The number of aliphatic hydroxyl groups excluding tert-OH is 2. The van der Waals surface area contributed by atoms with Crippen LogP contribution in [0.1, 0.15) is 12.1 Å². The number of aliphatic hydroxyl groups is 2. The number of nitrogens with zero attached hydrogens (tertiary/aromatic N) is 3. The van der Waals surface area contributed by atoms with Crippen LogP contribution in [-0.2, 0) is 6.61 Å². The molecular weight excluding hydrogens is 370 g/mol. The van der Waals surface area contributed by atoms with E-state index in [-0.39, 0.29) is 12.7 Å². The second-order valence-corrected chi connectivity index (χ2v) is 6.95. The molecular formula is C21H19N5O3. The Morgan fingerprint density at radius 2 is 2.14 bits per heavy atom. The number of rotatable bonds is 5. The summed E-state index contributed by atoms with van der Waals surface area (Å²) in [5.74, 6) is 1.09. The molecule has 1 aliphatic rings. The van der Waals surface area contributed by atoms with Crippen LogP contribution in [0.25, 0.3) is 21.8 Å². The number of nitrogens with one attached hydrogen (secondary N) is 2. The quantitative estimate of drug-likeness (QED) is 0.388. The van der Waals surface area contributed by atoms with E-state index in [0.717, 1.165) is 22.0 Å². The van der Waals surface area contributed by atoms with E-state index in [4.69, 9.17) is 4.74 Å². The Morgan fingerprint density at radius 3 is 2.97 bits per heavy atom. The average molecular weight is 389 g/mol. The van der Waals surface area contributed by atoms with E-state index in [0.29, 0.717) is 29.3 Å². The minimum atomic E-state index is -0.467. The van der Waals surface area contributed by atoms with Crippen LogP contribution >= 0.6 is 0 Å². The van der Waals surface area contributed by atoms with Gasteiger partial charge in [0, 0.05) is 29.1 Å². The summed E-state index contributed by atoms with van der Waals surface area (Å²) >= 11 is 0. The predicted octanol–water partition coefficient (Wildman–Crippen LogP) is 2.81. The molecule has 0 aliphatic heterocycles. The van der Waals surface area contributed by atoms with Gasteiger partial charge in [0.1, 0.15) is 17.4 Å². The third-order valence-electron chi connectivity index (χ3n) is 4.92. The molecule has 2 aromatic heterocycles. The van der Waals surface area contributed by atoms with Gasteiger partial charge in [-0.15, -0.1) is 0 Å². The fourth-order valence-electron chi connectivity index (χ4n) is 3.49. The highest BCUT2D eigenvalue weighted by Crippen LogP contribution is 2.28. The lowest BCUT2D eigenvalue weighted by molar-refractivity contribution is 0.166. The van der Waals surface area contributed by atoms with Crippen molar-refractivity contribution in [2.75, 3.05) is 5.32 Å². The highest BCUT2D eigenvalue weighted by Gasteiger charge is 2.19. The molecule has 0 fully saturated rings. The molecule has 2 heterocycles. The summed E-state index contributed by atoms with van der Waals surface area (Å²) in [6.07, 6.45) is 5.24. The van der Waals surface area contributed by atoms with Crippen molar-refractivity contribution in [3.8, 4) is 5.75 Å². The fraction of sp³-hybridized carbons (Fsp3) is 0.190. The van der Waals surface area contributed by atoms with Gasteiger partial charge in [-0.1, -0.05) is 18.2 Å². The second-order valence-electron chi connectivity index (χ2n) is 6.95. The fourth-order valence-corrected chi connectivity index (χ4v) is 3.49.